The molecule has 1 amide bonds. The average Bonchev–Trinajstić information content (AvgIpc) is 3.02. The molecule has 1 aliphatic carbocycles. The zero-order valence-corrected chi connectivity index (χ0v) is 12.6. The Hall–Kier alpha value is -1.85. The average molecular weight is 293 g/mol. The van der Waals surface area contributed by atoms with E-state index in [9.17, 15) is 9.59 Å². The number of carbonyl (C=O) groups excluding carboxylic acids is 1. The third kappa shape index (κ3) is 4.06. The van der Waals surface area contributed by atoms with Crippen LogP contribution in [0, 0.1) is 25.7 Å². The van der Waals surface area contributed by atoms with Crippen molar-refractivity contribution < 1.29 is 14.7 Å². The molecular weight excluding hydrogens is 270 g/mol. The summed E-state index contributed by atoms with van der Waals surface area (Å²) in [7, 11) is 0. The number of aliphatic carboxylic acids is 1. The smallest absolute Gasteiger partial charge is 0.306 e. The van der Waals surface area contributed by atoms with Gasteiger partial charge in [-0.3, -0.25) is 14.3 Å². The van der Waals surface area contributed by atoms with Crippen LogP contribution in [0.1, 0.15) is 37.1 Å². The Balaban J connectivity index is 1.68. The molecule has 6 nitrogen and oxygen atoms in total. The summed E-state index contributed by atoms with van der Waals surface area (Å²) >= 11 is 0. The van der Waals surface area contributed by atoms with Crippen molar-refractivity contribution in [3.63, 3.8) is 0 Å². The molecule has 2 atom stereocenters. The second kappa shape index (κ2) is 6.74. The molecule has 0 radical (unpaired) electrons. The molecule has 0 saturated heterocycles. The Bertz CT molecular complexity index is 524. The third-order valence-electron chi connectivity index (χ3n) is 4.10. The summed E-state index contributed by atoms with van der Waals surface area (Å²) in [6, 6.07) is 2.03. The monoisotopic (exact) mass is 293 g/mol. The molecule has 2 rings (SSSR count). The zero-order valence-electron chi connectivity index (χ0n) is 12.6. The first kappa shape index (κ1) is 15.5. The number of hydrogen-bond acceptors (Lipinski definition) is 3. The number of carbonyl (C=O) groups is 2. The predicted octanol–water partition coefficient (Wildman–Crippen LogP) is 1.51. The van der Waals surface area contributed by atoms with Gasteiger partial charge in [-0.05, 0) is 45.6 Å². The zero-order chi connectivity index (χ0) is 15.4. The lowest BCUT2D eigenvalue weighted by molar-refractivity contribution is -0.141. The number of nitrogens with one attached hydrogen (secondary N) is 1. The Labute approximate surface area is 124 Å². The fourth-order valence-corrected chi connectivity index (χ4v) is 2.93. The van der Waals surface area contributed by atoms with Gasteiger partial charge >= 0.3 is 5.97 Å². The van der Waals surface area contributed by atoms with Gasteiger partial charge in [0.25, 0.3) is 0 Å². The van der Waals surface area contributed by atoms with Crippen molar-refractivity contribution in [3.8, 4) is 0 Å². The molecule has 2 N–H and O–H groups in total. The van der Waals surface area contributed by atoms with Crippen molar-refractivity contribution in [1.82, 2.24) is 15.1 Å². The van der Waals surface area contributed by atoms with Gasteiger partial charge in [0.15, 0.2) is 0 Å². The Morgan fingerprint density at radius 2 is 2.10 bits per heavy atom. The van der Waals surface area contributed by atoms with Crippen LogP contribution < -0.4 is 5.32 Å². The molecule has 1 aromatic rings. The Morgan fingerprint density at radius 1 is 1.38 bits per heavy atom. The maximum Gasteiger partial charge on any atom is 0.306 e. The molecule has 116 valence electrons. The van der Waals surface area contributed by atoms with Crippen LogP contribution in [0.5, 0.6) is 0 Å². The van der Waals surface area contributed by atoms with Gasteiger partial charge in [0.1, 0.15) is 0 Å². The molecule has 1 fully saturated rings. The van der Waals surface area contributed by atoms with Crippen molar-refractivity contribution in [3.05, 3.63) is 17.5 Å². The van der Waals surface area contributed by atoms with Crippen LogP contribution in [0.3, 0.4) is 0 Å². The normalized spacial score (nSPS) is 21.4. The van der Waals surface area contributed by atoms with Crippen molar-refractivity contribution >= 4 is 11.9 Å². The second-order valence-corrected chi connectivity index (χ2v) is 5.84. The fraction of sp³-hybridized carbons (Fsp3) is 0.667. The highest BCUT2D eigenvalue weighted by Crippen LogP contribution is 2.31. The number of hydrogen-bond donors (Lipinski definition) is 2. The van der Waals surface area contributed by atoms with E-state index in [-0.39, 0.29) is 17.7 Å². The van der Waals surface area contributed by atoms with Crippen LogP contribution in [0.4, 0.5) is 0 Å². The molecule has 0 aliphatic heterocycles. The van der Waals surface area contributed by atoms with E-state index in [0.717, 1.165) is 24.4 Å². The van der Waals surface area contributed by atoms with Crippen LogP contribution in [0.2, 0.25) is 0 Å². The molecule has 0 aromatic carbocycles. The van der Waals surface area contributed by atoms with Crippen LogP contribution in [0.25, 0.3) is 0 Å². The number of aryl methyl sites for hydroxylation is 3. The first-order valence-corrected chi connectivity index (χ1v) is 7.49. The van der Waals surface area contributed by atoms with E-state index in [4.69, 9.17) is 5.11 Å². The van der Waals surface area contributed by atoms with E-state index in [2.05, 4.69) is 10.4 Å². The van der Waals surface area contributed by atoms with Gasteiger partial charge in [0.05, 0.1) is 11.6 Å². The third-order valence-corrected chi connectivity index (χ3v) is 4.10. The largest absolute Gasteiger partial charge is 0.481 e. The minimum absolute atomic E-state index is 0.00730. The molecular formula is C15H23N3O3. The lowest BCUT2D eigenvalue weighted by Gasteiger charge is -2.11. The first-order valence-electron chi connectivity index (χ1n) is 7.49. The van der Waals surface area contributed by atoms with Crippen LogP contribution in [0.15, 0.2) is 6.07 Å². The summed E-state index contributed by atoms with van der Waals surface area (Å²) in [5.74, 6) is -1.28. The fourth-order valence-electron chi connectivity index (χ4n) is 2.93. The molecule has 1 saturated carbocycles. The first-order chi connectivity index (χ1) is 9.97. The SMILES string of the molecule is Cc1cc(C)n(CCCNC(=O)C2CCC(C(=O)O)C2)n1. The maximum absolute atomic E-state index is 12.0. The Kier molecular flexibility index (Phi) is 4.98. The molecule has 0 spiro atoms. The molecule has 2 unspecified atom stereocenters. The van der Waals surface area contributed by atoms with E-state index in [1.807, 2.05) is 24.6 Å². The number of carboxylic acids is 1. The number of rotatable bonds is 6. The van der Waals surface area contributed by atoms with Crippen molar-refractivity contribution in [2.75, 3.05) is 6.54 Å². The van der Waals surface area contributed by atoms with E-state index in [1.165, 1.54) is 0 Å². The summed E-state index contributed by atoms with van der Waals surface area (Å²) in [5.41, 5.74) is 2.13. The van der Waals surface area contributed by atoms with Gasteiger partial charge in [-0.1, -0.05) is 0 Å². The summed E-state index contributed by atoms with van der Waals surface area (Å²) in [6.45, 7) is 5.36. The Morgan fingerprint density at radius 3 is 2.67 bits per heavy atom. The highest BCUT2D eigenvalue weighted by molar-refractivity contribution is 5.80. The van der Waals surface area contributed by atoms with Gasteiger partial charge in [0, 0.05) is 24.7 Å². The lowest BCUT2D eigenvalue weighted by Crippen LogP contribution is -2.31. The predicted molar refractivity (Wildman–Crippen MR) is 77.8 cm³/mol. The summed E-state index contributed by atoms with van der Waals surface area (Å²) < 4.78 is 1.94. The van der Waals surface area contributed by atoms with Crippen LogP contribution in [-0.2, 0) is 16.1 Å². The highest BCUT2D eigenvalue weighted by Gasteiger charge is 2.33. The lowest BCUT2D eigenvalue weighted by atomic mass is 10.0. The van der Waals surface area contributed by atoms with Gasteiger partial charge < -0.3 is 10.4 Å². The highest BCUT2D eigenvalue weighted by atomic mass is 16.4. The van der Waals surface area contributed by atoms with E-state index >= 15 is 0 Å². The second-order valence-electron chi connectivity index (χ2n) is 5.84. The number of carboxylic acid groups (broad SMARTS) is 1. The number of amides is 1. The molecule has 0 bridgehead atoms. The minimum atomic E-state index is -0.783. The van der Waals surface area contributed by atoms with Gasteiger partial charge in [0.2, 0.25) is 5.91 Å². The topological polar surface area (TPSA) is 84.2 Å². The van der Waals surface area contributed by atoms with E-state index in [1.54, 1.807) is 0 Å². The maximum atomic E-state index is 12.0. The quantitative estimate of drug-likeness (QED) is 0.779. The van der Waals surface area contributed by atoms with Crippen LogP contribution >= 0.6 is 0 Å². The summed E-state index contributed by atoms with van der Waals surface area (Å²) in [6.07, 6.45) is 2.58. The standard InChI is InChI=1S/C15H23N3O3/c1-10-8-11(2)18(17-10)7-3-6-16-14(19)12-4-5-13(9-12)15(20)21/h8,12-13H,3-7,9H2,1-2H3,(H,16,19)(H,20,21). The molecule has 1 aromatic heterocycles. The van der Waals surface area contributed by atoms with E-state index in [0.29, 0.717) is 25.8 Å². The molecule has 1 aliphatic rings. The molecule has 1 heterocycles. The molecule has 21 heavy (non-hydrogen) atoms. The minimum Gasteiger partial charge on any atom is -0.481 e. The summed E-state index contributed by atoms with van der Waals surface area (Å²) in [4.78, 5) is 22.8. The van der Waals surface area contributed by atoms with Crippen LogP contribution in [-0.4, -0.2) is 33.3 Å². The van der Waals surface area contributed by atoms with Crippen molar-refractivity contribution in [1.29, 1.82) is 0 Å². The number of nitrogens with zero attached hydrogens (tertiary/aromatic N) is 2. The van der Waals surface area contributed by atoms with Crippen molar-refractivity contribution in [2.24, 2.45) is 11.8 Å². The molecule has 6 heteroatoms. The van der Waals surface area contributed by atoms with Gasteiger partial charge in [-0.15, -0.1) is 0 Å². The number of aromatic nitrogens is 2. The van der Waals surface area contributed by atoms with Crippen molar-refractivity contribution in [2.45, 2.75) is 46.1 Å². The van der Waals surface area contributed by atoms with Gasteiger partial charge in [-0.25, -0.2) is 0 Å². The summed E-state index contributed by atoms with van der Waals surface area (Å²) in [5, 5.41) is 16.2. The van der Waals surface area contributed by atoms with Gasteiger partial charge in [-0.2, -0.15) is 5.10 Å². The van der Waals surface area contributed by atoms with E-state index < -0.39 is 5.97 Å².